The largest absolute Gasteiger partial charge is 0.303 e. The fraction of sp³-hybridized carbons (Fsp3) is 0.909. The van der Waals surface area contributed by atoms with Crippen molar-refractivity contribution in [1.82, 2.24) is 0 Å². The van der Waals surface area contributed by atoms with Gasteiger partial charge in [-0.3, -0.25) is 0 Å². The molecule has 0 aromatic rings. The molecule has 1 nitrogen and oxygen atoms in total. The summed E-state index contributed by atoms with van der Waals surface area (Å²) in [7, 11) is 0. The third-order valence-electron chi connectivity index (χ3n) is 3.37. The molecule has 0 heterocycles. The van der Waals surface area contributed by atoms with E-state index in [4.69, 9.17) is 0 Å². The maximum atomic E-state index is 10.4. The number of carbonyl (C=O) groups excluding carboxylic acids is 1. The summed E-state index contributed by atoms with van der Waals surface area (Å²) in [4.78, 5) is 10.4. The third kappa shape index (κ3) is 2.09. The van der Waals surface area contributed by atoms with Crippen molar-refractivity contribution in [3.8, 4) is 0 Å². The molecule has 70 valence electrons. The van der Waals surface area contributed by atoms with Crippen molar-refractivity contribution < 1.29 is 4.79 Å². The fourth-order valence-electron chi connectivity index (χ4n) is 2.60. The molecule has 0 bridgehead atoms. The fourth-order valence-corrected chi connectivity index (χ4v) is 2.60. The van der Waals surface area contributed by atoms with Gasteiger partial charge in [-0.2, -0.15) is 0 Å². The zero-order chi connectivity index (χ0) is 9.19. The van der Waals surface area contributed by atoms with Crippen LogP contribution >= 0.6 is 0 Å². The van der Waals surface area contributed by atoms with Crippen molar-refractivity contribution in [3.63, 3.8) is 0 Å². The number of hydrogen-bond acceptors (Lipinski definition) is 1. The van der Waals surface area contributed by atoms with Gasteiger partial charge < -0.3 is 4.79 Å². The summed E-state index contributed by atoms with van der Waals surface area (Å²) in [6.45, 7) is 6.92. The van der Waals surface area contributed by atoms with Crippen LogP contribution < -0.4 is 0 Å². The maximum Gasteiger partial charge on any atom is 0.120 e. The number of hydrogen-bond donors (Lipinski definition) is 0. The van der Waals surface area contributed by atoms with Gasteiger partial charge in [-0.1, -0.05) is 27.2 Å². The Morgan fingerprint density at radius 3 is 2.58 bits per heavy atom. The van der Waals surface area contributed by atoms with E-state index in [1.807, 2.05) is 0 Å². The van der Waals surface area contributed by atoms with E-state index in [2.05, 4.69) is 20.8 Å². The minimum Gasteiger partial charge on any atom is -0.303 e. The van der Waals surface area contributed by atoms with Crippen molar-refractivity contribution in [1.29, 1.82) is 0 Å². The van der Waals surface area contributed by atoms with Gasteiger partial charge in [-0.25, -0.2) is 0 Å². The topological polar surface area (TPSA) is 17.1 Å². The average molecular weight is 168 g/mol. The highest BCUT2D eigenvalue weighted by atomic mass is 16.1. The van der Waals surface area contributed by atoms with Crippen LogP contribution in [0.4, 0.5) is 0 Å². The van der Waals surface area contributed by atoms with Crippen LogP contribution in [0.2, 0.25) is 0 Å². The molecule has 0 amide bonds. The molecule has 1 fully saturated rings. The lowest BCUT2D eigenvalue weighted by Gasteiger charge is -2.40. The zero-order valence-corrected chi connectivity index (χ0v) is 8.47. The molecule has 12 heavy (non-hydrogen) atoms. The maximum absolute atomic E-state index is 10.4. The van der Waals surface area contributed by atoms with Crippen molar-refractivity contribution in [2.45, 2.75) is 46.5 Å². The Labute approximate surface area is 75.5 Å². The summed E-state index contributed by atoms with van der Waals surface area (Å²) in [5.74, 6) is 1.48. The SMILES string of the molecule is CC1CC[C@@H](CC=O)C(C)(C)C1. The molecule has 0 aliphatic heterocycles. The van der Waals surface area contributed by atoms with E-state index in [1.54, 1.807) is 0 Å². The molecular weight excluding hydrogens is 148 g/mol. The summed E-state index contributed by atoms with van der Waals surface area (Å²) < 4.78 is 0. The first-order valence-electron chi connectivity index (χ1n) is 5.00. The molecule has 0 aromatic heterocycles. The molecule has 1 aliphatic carbocycles. The van der Waals surface area contributed by atoms with E-state index in [0.29, 0.717) is 11.3 Å². The molecule has 1 aliphatic rings. The van der Waals surface area contributed by atoms with Crippen LogP contribution in [0.25, 0.3) is 0 Å². The van der Waals surface area contributed by atoms with Gasteiger partial charge in [0, 0.05) is 6.42 Å². The van der Waals surface area contributed by atoms with Gasteiger partial charge in [0.25, 0.3) is 0 Å². The standard InChI is InChI=1S/C11H20O/c1-9-4-5-10(6-7-12)11(2,3)8-9/h7,9-10H,4-6,8H2,1-3H3/t9?,10-/m0/s1. The Bertz CT molecular complexity index is 160. The summed E-state index contributed by atoms with van der Waals surface area (Å²) in [5.41, 5.74) is 0.387. The monoisotopic (exact) mass is 168 g/mol. The van der Waals surface area contributed by atoms with Gasteiger partial charge in [0.05, 0.1) is 0 Å². The zero-order valence-electron chi connectivity index (χ0n) is 8.47. The van der Waals surface area contributed by atoms with Gasteiger partial charge in [-0.15, -0.1) is 0 Å². The third-order valence-corrected chi connectivity index (χ3v) is 3.37. The average Bonchev–Trinajstić information content (AvgIpc) is 1.94. The van der Waals surface area contributed by atoms with Crippen molar-refractivity contribution in [2.75, 3.05) is 0 Å². The smallest absolute Gasteiger partial charge is 0.120 e. The van der Waals surface area contributed by atoms with Crippen molar-refractivity contribution in [3.05, 3.63) is 0 Å². The molecule has 0 N–H and O–H groups in total. The van der Waals surface area contributed by atoms with Gasteiger partial charge in [0.15, 0.2) is 0 Å². The Kier molecular flexibility index (Phi) is 2.92. The van der Waals surface area contributed by atoms with E-state index in [-0.39, 0.29) is 0 Å². The molecule has 1 saturated carbocycles. The van der Waals surface area contributed by atoms with Gasteiger partial charge in [0.2, 0.25) is 0 Å². The van der Waals surface area contributed by atoms with Crippen molar-refractivity contribution in [2.24, 2.45) is 17.3 Å². The van der Waals surface area contributed by atoms with Gasteiger partial charge in [-0.05, 0) is 30.1 Å². The summed E-state index contributed by atoms with van der Waals surface area (Å²) in [6.07, 6.45) is 5.68. The van der Waals surface area contributed by atoms with E-state index in [1.165, 1.54) is 19.3 Å². The molecule has 0 spiro atoms. The quantitative estimate of drug-likeness (QED) is 0.579. The van der Waals surface area contributed by atoms with E-state index in [0.717, 1.165) is 18.6 Å². The second-order valence-electron chi connectivity index (χ2n) is 4.97. The first kappa shape index (κ1) is 9.76. The van der Waals surface area contributed by atoms with Gasteiger partial charge in [0.1, 0.15) is 6.29 Å². The van der Waals surface area contributed by atoms with E-state index >= 15 is 0 Å². The minimum absolute atomic E-state index is 0.387. The lowest BCUT2D eigenvalue weighted by atomic mass is 9.64. The summed E-state index contributed by atoms with van der Waals surface area (Å²) in [6, 6.07) is 0. The predicted molar refractivity (Wildman–Crippen MR) is 51.0 cm³/mol. The van der Waals surface area contributed by atoms with Crippen LogP contribution in [-0.2, 0) is 4.79 Å². The second kappa shape index (κ2) is 3.59. The van der Waals surface area contributed by atoms with Crippen LogP contribution in [0.1, 0.15) is 46.5 Å². The van der Waals surface area contributed by atoms with E-state index in [9.17, 15) is 4.79 Å². The Morgan fingerprint density at radius 1 is 1.42 bits per heavy atom. The molecule has 1 heteroatoms. The summed E-state index contributed by atoms with van der Waals surface area (Å²) in [5, 5.41) is 0. The lowest BCUT2D eigenvalue weighted by molar-refractivity contribution is -0.110. The molecule has 0 radical (unpaired) electrons. The highest BCUT2D eigenvalue weighted by Crippen LogP contribution is 2.44. The highest BCUT2D eigenvalue weighted by molar-refractivity contribution is 5.50. The van der Waals surface area contributed by atoms with Crippen LogP contribution in [0.5, 0.6) is 0 Å². The second-order valence-corrected chi connectivity index (χ2v) is 4.97. The Balaban J connectivity index is 2.57. The van der Waals surface area contributed by atoms with E-state index < -0.39 is 0 Å². The first-order chi connectivity index (χ1) is 5.56. The van der Waals surface area contributed by atoms with Gasteiger partial charge >= 0.3 is 0 Å². The van der Waals surface area contributed by atoms with Crippen LogP contribution in [0.15, 0.2) is 0 Å². The van der Waals surface area contributed by atoms with Crippen LogP contribution in [0.3, 0.4) is 0 Å². The number of aldehydes is 1. The lowest BCUT2D eigenvalue weighted by Crippen LogP contribution is -2.31. The molecular formula is C11H20O. The van der Waals surface area contributed by atoms with Crippen LogP contribution in [-0.4, -0.2) is 6.29 Å². The molecule has 1 unspecified atom stereocenters. The Hall–Kier alpha value is -0.330. The molecule has 0 aromatic carbocycles. The first-order valence-corrected chi connectivity index (χ1v) is 5.00. The van der Waals surface area contributed by atoms with Crippen LogP contribution in [0, 0.1) is 17.3 Å². The molecule has 0 saturated heterocycles. The normalized spacial score (nSPS) is 34.6. The Morgan fingerprint density at radius 2 is 2.08 bits per heavy atom. The van der Waals surface area contributed by atoms with Crippen molar-refractivity contribution >= 4 is 6.29 Å². The number of carbonyl (C=O) groups is 1. The number of rotatable bonds is 2. The predicted octanol–water partition coefficient (Wildman–Crippen LogP) is 3.04. The minimum atomic E-state index is 0.387. The molecule has 2 atom stereocenters. The molecule has 1 rings (SSSR count). The highest BCUT2D eigenvalue weighted by Gasteiger charge is 2.34. The summed E-state index contributed by atoms with van der Waals surface area (Å²) >= 11 is 0.